The number of nitrogens with zero attached hydrogens (tertiary/aromatic N) is 3. The van der Waals surface area contributed by atoms with E-state index < -0.39 is 0 Å². The Balaban J connectivity index is 1.63. The van der Waals surface area contributed by atoms with Gasteiger partial charge in [0.05, 0.1) is 5.69 Å². The molecular formula is C18H19N5S. The molecule has 0 saturated heterocycles. The Labute approximate surface area is 145 Å². The molecule has 4 rings (SSSR count). The second-order valence-electron chi connectivity index (χ2n) is 6.04. The predicted molar refractivity (Wildman–Crippen MR) is 96.9 cm³/mol. The summed E-state index contributed by atoms with van der Waals surface area (Å²) in [6, 6.07) is 6.38. The van der Waals surface area contributed by atoms with Gasteiger partial charge in [-0.1, -0.05) is 0 Å². The fraction of sp³-hybridized carbons (Fsp3) is 0.278. The summed E-state index contributed by atoms with van der Waals surface area (Å²) in [5.41, 5.74) is 4.62. The van der Waals surface area contributed by atoms with Crippen LogP contribution in [-0.4, -0.2) is 21.0 Å². The Bertz CT molecular complexity index is 817. The normalized spacial score (nSPS) is 14.4. The zero-order chi connectivity index (χ0) is 16.4. The van der Waals surface area contributed by atoms with E-state index in [1.807, 2.05) is 12.1 Å². The first-order valence-electron chi connectivity index (χ1n) is 8.08. The zero-order valence-electron chi connectivity index (χ0n) is 13.5. The molecule has 2 N–H and O–H groups in total. The molecule has 3 aromatic heterocycles. The van der Waals surface area contributed by atoms with Crippen LogP contribution in [0.4, 0.5) is 5.82 Å². The van der Waals surface area contributed by atoms with Gasteiger partial charge in [-0.25, -0.2) is 9.97 Å². The summed E-state index contributed by atoms with van der Waals surface area (Å²) >= 11 is 1.74. The second-order valence-corrected chi connectivity index (χ2v) is 6.82. The van der Waals surface area contributed by atoms with Gasteiger partial charge in [0.1, 0.15) is 5.82 Å². The lowest BCUT2D eigenvalue weighted by molar-refractivity contribution is 0.754. The Hall–Kier alpha value is -2.31. The molecule has 0 unspecified atom stereocenters. The van der Waals surface area contributed by atoms with Crippen LogP contribution in [0.2, 0.25) is 0 Å². The van der Waals surface area contributed by atoms with Crippen LogP contribution in [-0.2, 0) is 19.5 Å². The Morgan fingerprint density at radius 1 is 1.21 bits per heavy atom. The first-order chi connectivity index (χ1) is 11.8. The molecule has 0 aromatic carbocycles. The van der Waals surface area contributed by atoms with Gasteiger partial charge in [-0.3, -0.25) is 4.98 Å². The third-order valence-electron chi connectivity index (χ3n) is 4.13. The van der Waals surface area contributed by atoms with E-state index in [9.17, 15) is 0 Å². The van der Waals surface area contributed by atoms with Crippen LogP contribution in [0.3, 0.4) is 0 Å². The fourth-order valence-electron chi connectivity index (χ4n) is 2.96. The van der Waals surface area contributed by atoms with Crippen LogP contribution in [0.5, 0.6) is 0 Å². The van der Waals surface area contributed by atoms with E-state index in [4.69, 9.17) is 9.97 Å². The van der Waals surface area contributed by atoms with Gasteiger partial charge in [-0.15, -0.1) is 0 Å². The minimum absolute atomic E-state index is 0.310. The van der Waals surface area contributed by atoms with Gasteiger partial charge < -0.3 is 10.6 Å². The number of anilines is 1. The summed E-state index contributed by atoms with van der Waals surface area (Å²) in [5.74, 6) is 1.70. The average molecular weight is 337 g/mol. The lowest BCUT2D eigenvalue weighted by atomic mass is 10.1. The minimum atomic E-state index is 0.310. The van der Waals surface area contributed by atoms with Crippen molar-refractivity contribution in [2.45, 2.75) is 32.5 Å². The number of pyridine rings is 1. The highest BCUT2D eigenvalue weighted by molar-refractivity contribution is 7.07. The number of hydrogen-bond donors (Lipinski definition) is 2. The maximum absolute atomic E-state index is 4.80. The number of fused-ring (bicyclic) bond motifs is 1. The molecule has 0 aliphatic carbocycles. The van der Waals surface area contributed by atoms with Crippen molar-refractivity contribution in [2.24, 2.45) is 0 Å². The summed E-state index contributed by atoms with van der Waals surface area (Å²) < 4.78 is 0. The van der Waals surface area contributed by atoms with Crippen molar-refractivity contribution in [1.82, 2.24) is 20.3 Å². The van der Waals surface area contributed by atoms with Gasteiger partial charge in [0, 0.05) is 42.7 Å². The molecule has 1 aliphatic heterocycles. The first-order valence-corrected chi connectivity index (χ1v) is 9.02. The summed E-state index contributed by atoms with van der Waals surface area (Å²) in [4.78, 5) is 13.6. The van der Waals surface area contributed by atoms with Crippen molar-refractivity contribution in [2.75, 3.05) is 5.32 Å². The molecule has 0 spiro atoms. The highest BCUT2D eigenvalue weighted by Gasteiger charge is 2.20. The standard InChI is InChI=1S/C18H19N5S/c1-12(8-13-4-7-24-11-13)21-18-15-9-20-10-16(15)22-17(23-18)14-2-5-19-6-3-14/h2-7,11-12,20H,8-10H2,1H3,(H,21,22,23)/t12-/m0/s1. The van der Waals surface area contributed by atoms with E-state index in [2.05, 4.69) is 39.4 Å². The minimum Gasteiger partial charge on any atom is -0.367 e. The van der Waals surface area contributed by atoms with Crippen molar-refractivity contribution in [3.63, 3.8) is 0 Å². The average Bonchev–Trinajstić information content (AvgIpc) is 3.27. The molecule has 4 heterocycles. The summed E-state index contributed by atoms with van der Waals surface area (Å²) in [7, 11) is 0. The fourth-order valence-corrected chi connectivity index (χ4v) is 3.65. The number of aromatic nitrogens is 3. The monoisotopic (exact) mass is 337 g/mol. The summed E-state index contributed by atoms with van der Waals surface area (Å²) in [5, 5.41) is 11.3. The number of nitrogens with one attached hydrogen (secondary N) is 2. The summed E-state index contributed by atoms with van der Waals surface area (Å²) in [6.45, 7) is 3.81. The van der Waals surface area contributed by atoms with E-state index in [1.165, 1.54) is 11.1 Å². The maximum Gasteiger partial charge on any atom is 0.161 e. The van der Waals surface area contributed by atoms with Gasteiger partial charge in [-0.05, 0) is 47.9 Å². The van der Waals surface area contributed by atoms with Crippen molar-refractivity contribution in [1.29, 1.82) is 0 Å². The van der Waals surface area contributed by atoms with Crippen molar-refractivity contribution in [3.05, 3.63) is 58.2 Å². The van der Waals surface area contributed by atoms with Gasteiger partial charge in [0.15, 0.2) is 5.82 Å². The number of hydrogen-bond acceptors (Lipinski definition) is 6. The molecular weight excluding hydrogens is 318 g/mol. The largest absolute Gasteiger partial charge is 0.367 e. The molecule has 24 heavy (non-hydrogen) atoms. The zero-order valence-corrected chi connectivity index (χ0v) is 14.3. The second kappa shape index (κ2) is 6.67. The summed E-state index contributed by atoms with van der Waals surface area (Å²) in [6.07, 6.45) is 4.53. The molecule has 3 aromatic rings. The highest BCUT2D eigenvalue weighted by atomic mass is 32.1. The van der Waals surface area contributed by atoms with Crippen LogP contribution in [0, 0.1) is 0 Å². The maximum atomic E-state index is 4.80. The molecule has 1 aliphatic rings. The molecule has 5 nitrogen and oxygen atoms in total. The quantitative estimate of drug-likeness (QED) is 0.748. The number of thiophene rings is 1. The SMILES string of the molecule is C[C@@H](Cc1ccsc1)Nc1nc(-c2ccncc2)nc2c1CNC2. The third-order valence-corrected chi connectivity index (χ3v) is 4.86. The van der Waals surface area contributed by atoms with Gasteiger partial charge in [0.2, 0.25) is 0 Å². The van der Waals surface area contributed by atoms with Crippen molar-refractivity contribution < 1.29 is 0 Å². The van der Waals surface area contributed by atoms with E-state index in [0.717, 1.165) is 42.4 Å². The van der Waals surface area contributed by atoms with Crippen LogP contribution in [0.1, 0.15) is 23.7 Å². The van der Waals surface area contributed by atoms with Crippen LogP contribution in [0.25, 0.3) is 11.4 Å². The Kier molecular flexibility index (Phi) is 4.23. The Morgan fingerprint density at radius 2 is 2.08 bits per heavy atom. The Morgan fingerprint density at radius 3 is 2.88 bits per heavy atom. The predicted octanol–water partition coefficient (Wildman–Crippen LogP) is 3.25. The van der Waals surface area contributed by atoms with Gasteiger partial charge in [-0.2, -0.15) is 11.3 Å². The van der Waals surface area contributed by atoms with E-state index >= 15 is 0 Å². The topological polar surface area (TPSA) is 62.7 Å². The van der Waals surface area contributed by atoms with Gasteiger partial charge >= 0.3 is 0 Å². The molecule has 0 saturated carbocycles. The van der Waals surface area contributed by atoms with Crippen LogP contribution >= 0.6 is 11.3 Å². The van der Waals surface area contributed by atoms with E-state index in [-0.39, 0.29) is 0 Å². The molecule has 0 fully saturated rings. The third kappa shape index (κ3) is 3.16. The van der Waals surface area contributed by atoms with E-state index in [0.29, 0.717) is 6.04 Å². The van der Waals surface area contributed by atoms with Crippen molar-refractivity contribution in [3.8, 4) is 11.4 Å². The van der Waals surface area contributed by atoms with Crippen LogP contribution in [0.15, 0.2) is 41.4 Å². The molecule has 1 atom stereocenters. The van der Waals surface area contributed by atoms with Crippen molar-refractivity contribution >= 4 is 17.2 Å². The molecule has 0 amide bonds. The molecule has 0 bridgehead atoms. The smallest absolute Gasteiger partial charge is 0.161 e. The lowest BCUT2D eigenvalue weighted by Gasteiger charge is -2.17. The molecule has 6 heteroatoms. The lowest BCUT2D eigenvalue weighted by Crippen LogP contribution is -2.20. The van der Waals surface area contributed by atoms with E-state index in [1.54, 1.807) is 23.7 Å². The molecule has 122 valence electrons. The first kappa shape index (κ1) is 15.2. The number of rotatable bonds is 5. The van der Waals surface area contributed by atoms with Gasteiger partial charge in [0.25, 0.3) is 0 Å². The molecule has 0 radical (unpaired) electrons. The van der Waals surface area contributed by atoms with Crippen LogP contribution < -0.4 is 10.6 Å². The highest BCUT2D eigenvalue weighted by Crippen LogP contribution is 2.26.